The summed E-state index contributed by atoms with van der Waals surface area (Å²) in [4.78, 5) is 14.1. The van der Waals surface area contributed by atoms with Crippen molar-refractivity contribution in [1.29, 1.82) is 0 Å². The van der Waals surface area contributed by atoms with Gasteiger partial charge in [0, 0.05) is 50.9 Å². The Hall–Kier alpha value is -3.13. The minimum atomic E-state index is 0.482. The van der Waals surface area contributed by atoms with Crippen molar-refractivity contribution in [2.75, 3.05) is 32.7 Å². The SMILES string of the molecule is CCNC(=NCc1coc(-c2ccc(C)cc2)n1)N1CCN(Cc2cc(C)on2)CC1. The van der Waals surface area contributed by atoms with E-state index in [0.717, 1.165) is 67.9 Å². The number of hydrogen-bond donors (Lipinski definition) is 1. The summed E-state index contributed by atoms with van der Waals surface area (Å²) in [6.07, 6.45) is 1.69. The van der Waals surface area contributed by atoms with Gasteiger partial charge in [-0.15, -0.1) is 0 Å². The molecule has 0 bridgehead atoms. The minimum Gasteiger partial charge on any atom is -0.444 e. The summed E-state index contributed by atoms with van der Waals surface area (Å²) in [5.41, 5.74) is 4.01. The Kier molecular flexibility index (Phi) is 6.66. The van der Waals surface area contributed by atoms with E-state index >= 15 is 0 Å². The highest BCUT2D eigenvalue weighted by molar-refractivity contribution is 5.80. The molecule has 0 radical (unpaired) electrons. The molecule has 1 aliphatic rings. The van der Waals surface area contributed by atoms with Gasteiger partial charge in [-0.05, 0) is 32.9 Å². The number of aromatic nitrogens is 2. The molecule has 0 saturated carbocycles. The molecule has 3 aromatic rings. The lowest BCUT2D eigenvalue weighted by Crippen LogP contribution is -2.52. The molecule has 31 heavy (non-hydrogen) atoms. The Labute approximate surface area is 182 Å². The van der Waals surface area contributed by atoms with Crippen molar-refractivity contribution < 1.29 is 8.94 Å². The van der Waals surface area contributed by atoms with Crippen molar-refractivity contribution in [2.24, 2.45) is 4.99 Å². The van der Waals surface area contributed by atoms with Gasteiger partial charge in [-0.1, -0.05) is 22.9 Å². The first-order chi connectivity index (χ1) is 15.1. The zero-order valence-electron chi connectivity index (χ0n) is 18.5. The number of aryl methyl sites for hydroxylation is 2. The van der Waals surface area contributed by atoms with Crippen LogP contribution in [0, 0.1) is 13.8 Å². The van der Waals surface area contributed by atoms with Crippen LogP contribution in [0.5, 0.6) is 0 Å². The second-order valence-corrected chi connectivity index (χ2v) is 7.87. The molecule has 0 spiro atoms. The highest BCUT2D eigenvalue weighted by atomic mass is 16.5. The van der Waals surface area contributed by atoms with Crippen LogP contribution in [0.15, 0.2) is 50.5 Å². The Bertz CT molecular complexity index is 999. The fraction of sp³-hybridized carbons (Fsp3) is 0.435. The van der Waals surface area contributed by atoms with Gasteiger partial charge in [-0.3, -0.25) is 4.90 Å². The molecule has 0 amide bonds. The van der Waals surface area contributed by atoms with Gasteiger partial charge in [0.15, 0.2) is 5.96 Å². The Balaban J connectivity index is 1.35. The summed E-state index contributed by atoms with van der Waals surface area (Å²) in [5, 5.41) is 7.51. The predicted molar refractivity (Wildman–Crippen MR) is 120 cm³/mol. The lowest BCUT2D eigenvalue weighted by Gasteiger charge is -2.36. The van der Waals surface area contributed by atoms with Gasteiger partial charge in [0.05, 0.1) is 12.2 Å². The molecule has 1 aromatic carbocycles. The maximum Gasteiger partial charge on any atom is 0.226 e. The molecule has 8 nitrogen and oxygen atoms in total. The fourth-order valence-corrected chi connectivity index (χ4v) is 3.63. The van der Waals surface area contributed by atoms with E-state index < -0.39 is 0 Å². The van der Waals surface area contributed by atoms with Gasteiger partial charge in [0.25, 0.3) is 0 Å². The van der Waals surface area contributed by atoms with E-state index in [1.807, 2.05) is 25.1 Å². The van der Waals surface area contributed by atoms with Crippen molar-refractivity contribution in [2.45, 2.75) is 33.9 Å². The smallest absolute Gasteiger partial charge is 0.226 e. The number of hydrogen-bond acceptors (Lipinski definition) is 6. The number of guanidine groups is 1. The van der Waals surface area contributed by atoms with Crippen molar-refractivity contribution >= 4 is 5.96 Å². The molecule has 0 atom stereocenters. The number of oxazole rings is 1. The van der Waals surface area contributed by atoms with Crippen LogP contribution in [0.1, 0.15) is 29.6 Å². The van der Waals surface area contributed by atoms with Gasteiger partial charge in [0.2, 0.25) is 5.89 Å². The second kappa shape index (κ2) is 9.78. The van der Waals surface area contributed by atoms with E-state index in [9.17, 15) is 0 Å². The van der Waals surface area contributed by atoms with Crippen LogP contribution >= 0.6 is 0 Å². The molecule has 4 rings (SSSR count). The average Bonchev–Trinajstić information content (AvgIpc) is 3.41. The van der Waals surface area contributed by atoms with Gasteiger partial charge >= 0.3 is 0 Å². The van der Waals surface area contributed by atoms with Crippen LogP contribution < -0.4 is 5.32 Å². The standard InChI is InChI=1S/C23H30N6O2/c1-4-24-23(29-11-9-28(10-12-29)15-20-13-18(3)31-27-20)25-14-21-16-30-22(26-21)19-7-5-17(2)6-8-19/h5-8,13,16H,4,9-12,14-15H2,1-3H3,(H,24,25). The van der Waals surface area contributed by atoms with Crippen LogP contribution in [0.3, 0.4) is 0 Å². The number of rotatable bonds is 6. The Morgan fingerprint density at radius 1 is 1.10 bits per heavy atom. The lowest BCUT2D eigenvalue weighted by molar-refractivity contribution is 0.169. The van der Waals surface area contributed by atoms with Crippen molar-refractivity contribution in [3.05, 3.63) is 59.3 Å². The molecular weight excluding hydrogens is 392 g/mol. The van der Waals surface area contributed by atoms with Crippen LogP contribution in [-0.2, 0) is 13.1 Å². The van der Waals surface area contributed by atoms with Crippen molar-refractivity contribution in [3.63, 3.8) is 0 Å². The third-order valence-electron chi connectivity index (χ3n) is 5.31. The first-order valence-corrected chi connectivity index (χ1v) is 10.8. The maximum atomic E-state index is 5.67. The number of benzene rings is 1. The topological polar surface area (TPSA) is 82.9 Å². The molecule has 2 aromatic heterocycles. The molecule has 0 aliphatic carbocycles. The van der Waals surface area contributed by atoms with Gasteiger partial charge < -0.3 is 19.2 Å². The first-order valence-electron chi connectivity index (χ1n) is 10.8. The zero-order valence-corrected chi connectivity index (χ0v) is 18.5. The van der Waals surface area contributed by atoms with Crippen LogP contribution in [-0.4, -0.2) is 58.6 Å². The first kappa shape index (κ1) is 21.1. The van der Waals surface area contributed by atoms with Crippen LogP contribution in [0.25, 0.3) is 11.5 Å². The van der Waals surface area contributed by atoms with Gasteiger partial charge in [0.1, 0.15) is 17.7 Å². The Morgan fingerprint density at radius 3 is 2.55 bits per heavy atom. The fourth-order valence-electron chi connectivity index (χ4n) is 3.63. The Morgan fingerprint density at radius 2 is 1.87 bits per heavy atom. The maximum absolute atomic E-state index is 5.67. The third-order valence-corrected chi connectivity index (χ3v) is 5.31. The molecule has 164 valence electrons. The molecule has 1 N–H and O–H groups in total. The quantitative estimate of drug-likeness (QED) is 0.482. The van der Waals surface area contributed by atoms with Gasteiger partial charge in [-0.25, -0.2) is 9.98 Å². The predicted octanol–water partition coefficient (Wildman–Crippen LogP) is 3.23. The molecule has 8 heteroatoms. The van der Waals surface area contributed by atoms with E-state index in [1.54, 1.807) is 6.26 Å². The second-order valence-electron chi connectivity index (χ2n) is 7.87. The van der Waals surface area contributed by atoms with E-state index in [1.165, 1.54) is 5.56 Å². The summed E-state index contributed by atoms with van der Waals surface area (Å²) in [6.45, 7) is 11.9. The summed E-state index contributed by atoms with van der Waals surface area (Å²) in [5.74, 6) is 2.40. The van der Waals surface area contributed by atoms with E-state index in [0.29, 0.717) is 12.4 Å². The summed E-state index contributed by atoms with van der Waals surface area (Å²) in [6, 6.07) is 10.2. The summed E-state index contributed by atoms with van der Waals surface area (Å²) >= 11 is 0. The minimum absolute atomic E-state index is 0.482. The molecule has 1 aliphatic heterocycles. The van der Waals surface area contributed by atoms with Crippen LogP contribution in [0.4, 0.5) is 0 Å². The molecular formula is C23H30N6O2. The molecule has 0 unspecified atom stereocenters. The molecule has 1 fully saturated rings. The number of aliphatic imine (C=N–C) groups is 1. The summed E-state index contributed by atoms with van der Waals surface area (Å²) in [7, 11) is 0. The van der Waals surface area contributed by atoms with Crippen molar-refractivity contribution in [3.8, 4) is 11.5 Å². The molecule has 3 heterocycles. The number of nitrogens with one attached hydrogen (secondary N) is 1. The normalized spacial score (nSPS) is 15.5. The van der Waals surface area contributed by atoms with Gasteiger partial charge in [-0.2, -0.15) is 0 Å². The zero-order chi connectivity index (χ0) is 21.6. The number of nitrogens with zero attached hydrogens (tertiary/aromatic N) is 5. The number of piperazine rings is 1. The highest BCUT2D eigenvalue weighted by Gasteiger charge is 2.20. The van der Waals surface area contributed by atoms with Crippen LogP contribution in [0.2, 0.25) is 0 Å². The average molecular weight is 423 g/mol. The monoisotopic (exact) mass is 422 g/mol. The lowest BCUT2D eigenvalue weighted by atomic mass is 10.1. The molecule has 1 saturated heterocycles. The highest BCUT2D eigenvalue weighted by Crippen LogP contribution is 2.19. The third kappa shape index (κ3) is 5.52. The van der Waals surface area contributed by atoms with E-state index in [2.05, 4.69) is 51.2 Å². The summed E-state index contributed by atoms with van der Waals surface area (Å²) < 4.78 is 10.8. The largest absolute Gasteiger partial charge is 0.444 e. The van der Waals surface area contributed by atoms with E-state index in [-0.39, 0.29) is 0 Å². The van der Waals surface area contributed by atoms with E-state index in [4.69, 9.17) is 13.9 Å². The van der Waals surface area contributed by atoms with Crippen molar-refractivity contribution in [1.82, 2.24) is 25.3 Å².